The van der Waals surface area contributed by atoms with Crippen LogP contribution < -0.4 is 15.4 Å². The van der Waals surface area contributed by atoms with E-state index in [9.17, 15) is 9.18 Å². The molecule has 5 heteroatoms. The smallest absolute Gasteiger partial charge is 0.320 e. The molecule has 2 heterocycles. The van der Waals surface area contributed by atoms with Gasteiger partial charge in [0.15, 0.2) is 0 Å². The van der Waals surface area contributed by atoms with Gasteiger partial charge in [-0.3, -0.25) is 0 Å². The fraction of sp³-hybridized carbons (Fsp3) is 0.250. The van der Waals surface area contributed by atoms with Gasteiger partial charge in [0.25, 0.3) is 0 Å². The van der Waals surface area contributed by atoms with Crippen molar-refractivity contribution in [2.24, 2.45) is 0 Å². The van der Waals surface area contributed by atoms with E-state index in [4.69, 9.17) is 4.74 Å². The van der Waals surface area contributed by atoms with E-state index >= 15 is 0 Å². The third-order valence-corrected chi connectivity index (χ3v) is 3.24. The molecular weight excluding hydrogens is 223 g/mol. The Hall–Kier alpha value is -2.04. The van der Waals surface area contributed by atoms with Gasteiger partial charge in [-0.05, 0) is 18.2 Å². The van der Waals surface area contributed by atoms with Gasteiger partial charge in [0.2, 0.25) is 0 Å². The maximum atomic E-state index is 13.3. The van der Waals surface area contributed by atoms with Crippen LogP contribution in [-0.4, -0.2) is 12.6 Å². The molecule has 0 radical (unpaired) electrons. The summed E-state index contributed by atoms with van der Waals surface area (Å²) in [6, 6.07) is 3.98. The van der Waals surface area contributed by atoms with Gasteiger partial charge < -0.3 is 15.4 Å². The van der Waals surface area contributed by atoms with Crippen molar-refractivity contribution < 1.29 is 13.9 Å². The zero-order valence-corrected chi connectivity index (χ0v) is 9.05. The van der Waals surface area contributed by atoms with Crippen LogP contribution in [0.5, 0.6) is 5.75 Å². The highest BCUT2D eigenvalue weighted by Gasteiger charge is 2.46. The van der Waals surface area contributed by atoms with Crippen LogP contribution in [0.4, 0.5) is 9.18 Å². The Kier molecular flexibility index (Phi) is 1.92. The lowest BCUT2D eigenvalue weighted by Crippen LogP contribution is -2.43. The summed E-state index contributed by atoms with van der Waals surface area (Å²) >= 11 is 0. The van der Waals surface area contributed by atoms with Gasteiger partial charge in [-0.15, -0.1) is 0 Å². The third-order valence-electron chi connectivity index (χ3n) is 3.24. The highest BCUT2D eigenvalue weighted by Crippen LogP contribution is 2.42. The number of halogens is 1. The Balaban J connectivity index is 2.19. The minimum atomic E-state index is -0.743. The molecule has 1 saturated heterocycles. The van der Waals surface area contributed by atoms with Crippen LogP contribution in [0.15, 0.2) is 30.5 Å². The molecule has 0 bridgehead atoms. The molecule has 0 saturated carbocycles. The van der Waals surface area contributed by atoms with Crippen LogP contribution in [0.3, 0.4) is 0 Å². The van der Waals surface area contributed by atoms with Crippen LogP contribution in [0.25, 0.3) is 0 Å². The lowest BCUT2D eigenvalue weighted by Gasteiger charge is -2.35. The molecule has 17 heavy (non-hydrogen) atoms. The number of hydrogen-bond acceptors (Lipinski definition) is 2. The van der Waals surface area contributed by atoms with Crippen molar-refractivity contribution in [3.63, 3.8) is 0 Å². The Morgan fingerprint density at radius 1 is 1.47 bits per heavy atom. The maximum absolute atomic E-state index is 13.3. The molecule has 4 nitrogen and oxygen atoms in total. The van der Waals surface area contributed by atoms with Crippen molar-refractivity contribution in [3.8, 4) is 5.75 Å². The van der Waals surface area contributed by atoms with Crippen molar-refractivity contribution in [2.45, 2.75) is 12.0 Å². The Bertz CT molecular complexity index is 529. The van der Waals surface area contributed by atoms with Crippen molar-refractivity contribution in [2.75, 3.05) is 6.61 Å². The first-order valence-electron chi connectivity index (χ1n) is 5.33. The van der Waals surface area contributed by atoms with Gasteiger partial charge in [-0.25, -0.2) is 9.18 Å². The number of urea groups is 1. The van der Waals surface area contributed by atoms with E-state index in [0.29, 0.717) is 30.0 Å². The standard InChI is InChI=1S/C12H11FN2O2/c1-7-12(15-11(16)14-7)4-5-17-10-3-2-8(13)6-9(10)12/h2-3,6H,1,4-5H2,(H2,14,15,16)/t12-/m1/s1. The Morgan fingerprint density at radius 3 is 3.00 bits per heavy atom. The summed E-state index contributed by atoms with van der Waals surface area (Å²) in [6.45, 7) is 4.30. The molecular formula is C12H11FN2O2. The Labute approximate surface area is 97.5 Å². The molecule has 88 valence electrons. The van der Waals surface area contributed by atoms with Crippen molar-refractivity contribution in [3.05, 3.63) is 41.9 Å². The van der Waals surface area contributed by atoms with Crippen molar-refractivity contribution in [1.29, 1.82) is 0 Å². The molecule has 1 spiro atoms. The molecule has 1 fully saturated rings. The number of benzene rings is 1. The molecule has 1 aromatic carbocycles. The summed E-state index contributed by atoms with van der Waals surface area (Å²) in [4.78, 5) is 11.4. The molecule has 0 aromatic heterocycles. The van der Waals surface area contributed by atoms with E-state index in [2.05, 4.69) is 17.2 Å². The number of fused-ring (bicyclic) bond motifs is 2. The minimum absolute atomic E-state index is 0.313. The highest BCUT2D eigenvalue weighted by molar-refractivity contribution is 5.82. The molecule has 3 rings (SSSR count). The predicted molar refractivity (Wildman–Crippen MR) is 59.0 cm³/mol. The fourth-order valence-corrected chi connectivity index (χ4v) is 2.40. The molecule has 2 N–H and O–H groups in total. The summed E-state index contributed by atoms with van der Waals surface area (Å²) in [6.07, 6.45) is 0.543. The van der Waals surface area contributed by atoms with E-state index in [1.54, 1.807) is 6.07 Å². The second kappa shape index (κ2) is 3.23. The topological polar surface area (TPSA) is 50.4 Å². The molecule has 0 unspecified atom stereocenters. The first-order chi connectivity index (χ1) is 8.12. The minimum Gasteiger partial charge on any atom is -0.493 e. The van der Waals surface area contributed by atoms with Crippen LogP contribution in [-0.2, 0) is 5.54 Å². The molecule has 0 aliphatic carbocycles. The van der Waals surface area contributed by atoms with Crippen LogP contribution in [0.1, 0.15) is 12.0 Å². The lowest BCUT2D eigenvalue weighted by atomic mass is 9.83. The molecule has 2 aliphatic heterocycles. The van der Waals surface area contributed by atoms with E-state index in [0.717, 1.165) is 0 Å². The summed E-state index contributed by atoms with van der Waals surface area (Å²) in [5.41, 5.74) is 0.414. The zero-order valence-electron chi connectivity index (χ0n) is 9.05. The lowest BCUT2D eigenvalue weighted by molar-refractivity contribution is 0.214. The van der Waals surface area contributed by atoms with Gasteiger partial charge in [-0.2, -0.15) is 0 Å². The normalized spacial score (nSPS) is 26.2. The predicted octanol–water partition coefficient (Wildman–Crippen LogP) is 1.63. The average molecular weight is 234 g/mol. The van der Waals surface area contributed by atoms with E-state index in [1.807, 2.05) is 0 Å². The summed E-state index contributed by atoms with van der Waals surface area (Å²) in [7, 11) is 0. The number of ether oxygens (including phenoxy) is 1. The molecule has 1 atom stereocenters. The number of carbonyl (C=O) groups is 1. The monoisotopic (exact) mass is 234 g/mol. The van der Waals surface area contributed by atoms with Crippen LogP contribution in [0.2, 0.25) is 0 Å². The zero-order chi connectivity index (χ0) is 12.0. The highest BCUT2D eigenvalue weighted by atomic mass is 19.1. The summed E-state index contributed by atoms with van der Waals surface area (Å²) in [5, 5.41) is 5.42. The largest absolute Gasteiger partial charge is 0.493 e. The van der Waals surface area contributed by atoms with Crippen molar-refractivity contribution in [1.82, 2.24) is 10.6 Å². The third kappa shape index (κ3) is 1.32. The van der Waals surface area contributed by atoms with Gasteiger partial charge in [0.05, 0.1) is 6.61 Å². The van der Waals surface area contributed by atoms with Gasteiger partial charge in [0, 0.05) is 17.7 Å². The SMILES string of the molecule is C=C1NC(=O)N[C@]12CCOc1ccc(F)cc12. The second-order valence-electron chi connectivity index (χ2n) is 4.20. The molecule has 2 aliphatic rings. The van der Waals surface area contributed by atoms with E-state index in [-0.39, 0.29) is 11.8 Å². The first-order valence-corrected chi connectivity index (χ1v) is 5.33. The van der Waals surface area contributed by atoms with Crippen LogP contribution >= 0.6 is 0 Å². The van der Waals surface area contributed by atoms with Crippen LogP contribution in [0, 0.1) is 5.82 Å². The number of amides is 2. The van der Waals surface area contributed by atoms with Gasteiger partial charge >= 0.3 is 6.03 Å². The second-order valence-corrected chi connectivity index (χ2v) is 4.20. The number of rotatable bonds is 0. The first kappa shape index (κ1) is 10.1. The Morgan fingerprint density at radius 2 is 2.29 bits per heavy atom. The van der Waals surface area contributed by atoms with Gasteiger partial charge in [-0.1, -0.05) is 6.58 Å². The van der Waals surface area contributed by atoms with Gasteiger partial charge in [0.1, 0.15) is 17.1 Å². The fourth-order valence-electron chi connectivity index (χ4n) is 2.40. The van der Waals surface area contributed by atoms with E-state index < -0.39 is 5.54 Å². The number of hydrogen-bond donors (Lipinski definition) is 2. The quantitative estimate of drug-likeness (QED) is 0.716. The summed E-state index contributed by atoms with van der Waals surface area (Å²) in [5.74, 6) is 0.227. The summed E-state index contributed by atoms with van der Waals surface area (Å²) < 4.78 is 18.8. The molecule has 2 amide bonds. The van der Waals surface area contributed by atoms with E-state index in [1.165, 1.54) is 12.1 Å². The number of carbonyl (C=O) groups excluding carboxylic acids is 1. The maximum Gasteiger partial charge on any atom is 0.320 e. The molecule has 1 aromatic rings. The average Bonchev–Trinajstić information content (AvgIpc) is 2.56. The number of nitrogens with one attached hydrogen (secondary N) is 2. The van der Waals surface area contributed by atoms with Crippen molar-refractivity contribution >= 4 is 6.03 Å².